The van der Waals surface area contributed by atoms with Crippen molar-refractivity contribution in [1.82, 2.24) is 0 Å². The first-order chi connectivity index (χ1) is 1.73. The van der Waals surface area contributed by atoms with E-state index < -0.39 is 17.0 Å². The van der Waals surface area contributed by atoms with Crippen molar-refractivity contribution in [2.45, 2.75) is 0 Å². The molecule has 0 aliphatic rings. The SMILES string of the molecule is [CH2]=[Sn]([Cl])[Cl]. The molecule has 0 bridgehead atoms. The normalized spacial score (nSPS) is 6.50. The zero-order valence-electron chi connectivity index (χ0n) is 1.96. The van der Waals surface area contributed by atoms with Crippen LogP contribution < -0.4 is 0 Å². The van der Waals surface area contributed by atoms with Crippen LogP contribution in [0.25, 0.3) is 0 Å². The fourth-order valence-electron chi connectivity index (χ4n) is 0. The van der Waals surface area contributed by atoms with Gasteiger partial charge in [0.2, 0.25) is 0 Å². The Kier molecular flexibility index (Phi) is 3.26. The third-order valence-corrected chi connectivity index (χ3v) is 0. The van der Waals surface area contributed by atoms with Crippen LogP contribution in [0.4, 0.5) is 0 Å². The van der Waals surface area contributed by atoms with Crippen LogP contribution >= 0.6 is 17.8 Å². The van der Waals surface area contributed by atoms with E-state index in [1.165, 1.54) is 0 Å². The van der Waals surface area contributed by atoms with Crippen LogP contribution in [-0.2, 0) is 0 Å². The third kappa shape index (κ3) is 10.5. The van der Waals surface area contributed by atoms with E-state index in [1.54, 1.807) is 0 Å². The Labute approximate surface area is 39.4 Å². The second kappa shape index (κ2) is 2.48. The first kappa shape index (κ1) is 5.25. The van der Waals surface area contributed by atoms with Gasteiger partial charge in [-0.3, -0.25) is 0 Å². The predicted octanol–water partition coefficient (Wildman–Crippen LogP) is 0.966. The molecular weight excluding hydrogens is 202 g/mol. The fourth-order valence-corrected chi connectivity index (χ4v) is 0. The average Bonchev–Trinajstić information content (AvgIpc) is 0.811. The Morgan fingerprint density at radius 3 is 1.50 bits per heavy atom. The zero-order chi connectivity index (χ0) is 3.58. The van der Waals surface area contributed by atoms with Gasteiger partial charge in [0, 0.05) is 0 Å². The van der Waals surface area contributed by atoms with Crippen LogP contribution in [0.15, 0.2) is 0 Å². The summed E-state index contributed by atoms with van der Waals surface area (Å²) in [6.07, 6.45) is 0. The molecule has 0 atom stereocenters. The van der Waals surface area contributed by atoms with Crippen LogP contribution in [0.3, 0.4) is 0 Å². The molecule has 0 amide bonds. The van der Waals surface area contributed by atoms with Gasteiger partial charge in [0.1, 0.15) is 0 Å². The molecule has 0 saturated carbocycles. The van der Waals surface area contributed by atoms with Crippen molar-refractivity contribution in [3.05, 3.63) is 0 Å². The average molecular weight is 204 g/mol. The molecular formula is CH2Cl2Sn. The summed E-state index contributed by atoms with van der Waals surface area (Å²) < 4.78 is 3.37. The van der Waals surface area contributed by atoms with E-state index in [1.807, 2.05) is 0 Å². The van der Waals surface area contributed by atoms with E-state index in [2.05, 4.69) is 4.52 Å². The van der Waals surface area contributed by atoms with Gasteiger partial charge in [0.25, 0.3) is 0 Å². The summed E-state index contributed by atoms with van der Waals surface area (Å²) in [6, 6.07) is 0. The first-order valence-corrected chi connectivity index (χ1v) is 9.98. The summed E-state index contributed by atoms with van der Waals surface area (Å²) in [5, 5.41) is 0. The molecule has 24 valence electrons. The topological polar surface area (TPSA) is 0 Å². The molecule has 0 aromatic heterocycles. The van der Waals surface area contributed by atoms with Gasteiger partial charge < -0.3 is 0 Å². The maximum atomic E-state index is 5.13. The Morgan fingerprint density at radius 1 is 1.50 bits per heavy atom. The first-order valence-electron chi connectivity index (χ1n) is 0.732. The Bertz CT molecular complexity index is 29.0. The molecule has 0 fully saturated rings. The van der Waals surface area contributed by atoms with Gasteiger partial charge in [-0.25, -0.2) is 0 Å². The van der Waals surface area contributed by atoms with Crippen LogP contribution in [0.5, 0.6) is 0 Å². The maximum absolute atomic E-state index is 5.13. The number of halogens is 2. The molecule has 0 unspecified atom stereocenters. The summed E-state index contributed by atoms with van der Waals surface area (Å²) >= 11 is -1.85. The van der Waals surface area contributed by atoms with E-state index in [0.29, 0.717) is 0 Å². The van der Waals surface area contributed by atoms with Crippen LogP contribution in [-0.4, -0.2) is 21.6 Å². The molecule has 0 aromatic carbocycles. The van der Waals surface area contributed by atoms with Gasteiger partial charge >= 0.3 is 39.4 Å². The van der Waals surface area contributed by atoms with Gasteiger partial charge in [-0.15, -0.1) is 0 Å². The fraction of sp³-hybridized carbons (Fsp3) is 0. The standard InChI is InChI=1S/CH2.2ClH.Sn/h1H2;2*1H;/q;;;+2/p-2. The van der Waals surface area contributed by atoms with E-state index >= 15 is 0 Å². The second-order valence-corrected chi connectivity index (χ2v) is 9.69. The summed E-state index contributed by atoms with van der Waals surface area (Å²) in [7, 11) is 10.3. The molecule has 0 nitrogen and oxygen atoms in total. The van der Waals surface area contributed by atoms with Gasteiger partial charge in [0.15, 0.2) is 0 Å². The van der Waals surface area contributed by atoms with E-state index in [9.17, 15) is 0 Å². The summed E-state index contributed by atoms with van der Waals surface area (Å²) in [5.41, 5.74) is 0. The molecule has 0 aliphatic heterocycles. The van der Waals surface area contributed by atoms with E-state index in [4.69, 9.17) is 17.8 Å². The molecule has 0 aromatic rings. The summed E-state index contributed by atoms with van der Waals surface area (Å²) in [5.74, 6) is 0. The minimum atomic E-state index is -1.85. The quantitative estimate of drug-likeness (QED) is 0.515. The monoisotopic (exact) mass is 204 g/mol. The van der Waals surface area contributed by atoms with Crippen LogP contribution in [0.2, 0.25) is 0 Å². The van der Waals surface area contributed by atoms with Gasteiger partial charge in [-0.1, -0.05) is 0 Å². The number of rotatable bonds is 0. The zero-order valence-corrected chi connectivity index (χ0v) is 6.33. The van der Waals surface area contributed by atoms with Crippen molar-refractivity contribution in [3.63, 3.8) is 0 Å². The van der Waals surface area contributed by atoms with E-state index in [0.717, 1.165) is 0 Å². The minimum absolute atomic E-state index is 1.85. The van der Waals surface area contributed by atoms with Crippen molar-refractivity contribution < 1.29 is 0 Å². The van der Waals surface area contributed by atoms with Gasteiger partial charge in [-0.2, -0.15) is 0 Å². The Balaban J connectivity index is 2.80. The van der Waals surface area contributed by atoms with Crippen LogP contribution in [0.1, 0.15) is 0 Å². The molecule has 0 rings (SSSR count). The van der Waals surface area contributed by atoms with Crippen molar-refractivity contribution >= 4 is 39.4 Å². The second-order valence-electron chi connectivity index (χ2n) is 0.339. The molecule has 4 heavy (non-hydrogen) atoms. The number of hydrogen-bond donors (Lipinski definition) is 0. The van der Waals surface area contributed by atoms with Crippen molar-refractivity contribution in [2.24, 2.45) is 0 Å². The molecule has 3 heteroatoms. The molecule has 0 spiro atoms. The van der Waals surface area contributed by atoms with Gasteiger partial charge in [-0.05, 0) is 0 Å². The molecule has 0 radical (unpaired) electrons. The number of hydrogen-bond acceptors (Lipinski definition) is 0. The molecule has 0 aliphatic carbocycles. The summed E-state index contributed by atoms with van der Waals surface area (Å²) in [6.45, 7) is 0. The third-order valence-electron chi connectivity index (χ3n) is 0. The van der Waals surface area contributed by atoms with Gasteiger partial charge in [0.05, 0.1) is 0 Å². The Hall–Kier alpha value is 1.25. The van der Waals surface area contributed by atoms with Crippen LogP contribution in [0, 0.1) is 0 Å². The summed E-state index contributed by atoms with van der Waals surface area (Å²) in [4.78, 5) is 0. The molecule has 0 saturated heterocycles. The molecule has 0 N–H and O–H groups in total. The van der Waals surface area contributed by atoms with Crippen molar-refractivity contribution in [3.8, 4) is 0 Å². The van der Waals surface area contributed by atoms with Crippen molar-refractivity contribution in [2.75, 3.05) is 0 Å². The molecule has 0 heterocycles. The van der Waals surface area contributed by atoms with E-state index in [-0.39, 0.29) is 0 Å². The van der Waals surface area contributed by atoms with Crippen molar-refractivity contribution in [1.29, 1.82) is 0 Å². The Morgan fingerprint density at radius 2 is 1.50 bits per heavy atom. The predicted molar refractivity (Wildman–Crippen MR) is 24.6 cm³/mol.